The summed E-state index contributed by atoms with van der Waals surface area (Å²) in [5.74, 6) is 1.95. The number of fused-ring (bicyclic) bond motifs is 5. The zero-order valence-corrected chi connectivity index (χ0v) is 13.2. The average molecular weight is 311 g/mol. The third kappa shape index (κ3) is 1.75. The summed E-state index contributed by atoms with van der Waals surface area (Å²) in [6.45, 7) is 2.95. The van der Waals surface area contributed by atoms with Gasteiger partial charge in [0.1, 0.15) is 4.83 Å². The Bertz CT molecular complexity index is 867. The number of hydrogen-bond donors (Lipinski definition) is 0. The van der Waals surface area contributed by atoms with Gasteiger partial charge in [-0.3, -0.25) is 0 Å². The van der Waals surface area contributed by atoms with Crippen molar-refractivity contribution in [3.05, 3.63) is 23.9 Å². The fraction of sp³-hybridized carbons (Fsp3) is 0.412. The Hall–Kier alpha value is -1.88. The predicted octanol–water partition coefficient (Wildman–Crippen LogP) is 3.77. The molecule has 5 heteroatoms. The van der Waals surface area contributed by atoms with E-state index in [0.29, 0.717) is 0 Å². The quantitative estimate of drug-likeness (QED) is 0.686. The van der Waals surface area contributed by atoms with Crippen LogP contribution >= 0.6 is 11.3 Å². The van der Waals surface area contributed by atoms with Gasteiger partial charge in [-0.15, -0.1) is 11.3 Å². The normalized spacial score (nSPS) is 17.9. The second-order valence-electron chi connectivity index (χ2n) is 6.03. The van der Waals surface area contributed by atoms with Crippen LogP contribution < -0.4 is 9.64 Å². The van der Waals surface area contributed by atoms with Crippen LogP contribution in [0.5, 0.6) is 5.88 Å². The minimum atomic E-state index is 0.749. The number of nitrogens with zero attached hydrogens (tertiary/aromatic N) is 3. The van der Waals surface area contributed by atoms with Crippen molar-refractivity contribution in [2.45, 2.75) is 25.7 Å². The van der Waals surface area contributed by atoms with E-state index < -0.39 is 0 Å². The molecule has 0 saturated carbocycles. The molecular formula is C17H17N3OS. The highest BCUT2D eigenvalue weighted by molar-refractivity contribution is 7.26. The number of anilines is 1. The molecule has 0 bridgehead atoms. The molecule has 112 valence electrons. The van der Waals surface area contributed by atoms with E-state index in [1.807, 2.05) is 12.3 Å². The van der Waals surface area contributed by atoms with E-state index in [4.69, 9.17) is 9.72 Å². The topological polar surface area (TPSA) is 38.2 Å². The standard InChI is InChI=1S/C17H17N3OS/c1-2-8-20(9-3-1)15-14-13(11-6-10-21-16(11)19-15)12-5-4-7-18-17(12)22-14/h4-5,7H,1-3,6,8-10H2. The van der Waals surface area contributed by atoms with E-state index in [2.05, 4.69) is 16.0 Å². The monoisotopic (exact) mass is 311 g/mol. The highest BCUT2D eigenvalue weighted by Gasteiger charge is 2.26. The summed E-state index contributed by atoms with van der Waals surface area (Å²) in [5, 5.41) is 2.58. The molecule has 5 heterocycles. The summed E-state index contributed by atoms with van der Waals surface area (Å²) in [7, 11) is 0. The Kier molecular flexibility index (Phi) is 2.77. The number of piperidine rings is 1. The zero-order chi connectivity index (χ0) is 14.5. The van der Waals surface area contributed by atoms with E-state index in [0.717, 1.165) is 42.6 Å². The van der Waals surface area contributed by atoms with Gasteiger partial charge < -0.3 is 9.64 Å². The Morgan fingerprint density at radius 1 is 1.18 bits per heavy atom. The number of aromatic nitrogens is 2. The van der Waals surface area contributed by atoms with Gasteiger partial charge in [0.25, 0.3) is 0 Å². The number of thiophene rings is 1. The van der Waals surface area contributed by atoms with Crippen LogP contribution in [0.2, 0.25) is 0 Å². The Morgan fingerprint density at radius 3 is 3.00 bits per heavy atom. The first-order chi connectivity index (χ1) is 10.9. The van der Waals surface area contributed by atoms with Crippen molar-refractivity contribution in [1.82, 2.24) is 9.97 Å². The summed E-state index contributed by atoms with van der Waals surface area (Å²) in [6, 6.07) is 4.21. The van der Waals surface area contributed by atoms with Crippen LogP contribution in [0.4, 0.5) is 5.82 Å². The molecule has 0 unspecified atom stereocenters. The number of hydrogen-bond acceptors (Lipinski definition) is 5. The fourth-order valence-corrected chi connectivity index (χ4v) is 4.82. The van der Waals surface area contributed by atoms with Crippen LogP contribution in [-0.2, 0) is 6.42 Å². The third-order valence-corrected chi connectivity index (χ3v) is 5.79. The van der Waals surface area contributed by atoms with Crippen LogP contribution in [-0.4, -0.2) is 29.7 Å². The van der Waals surface area contributed by atoms with Gasteiger partial charge in [-0.25, -0.2) is 4.98 Å². The molecule has 5 rings (SSSR count). The molecule has 0 radical (unpaired) electrons. The van der Waals surface area contributed by atoms with Crippen molar-refractivity contribution in [2.75, 3.05) is 24.6 Å². The van der Waals surface area contributed by atoms with Gasteiger partial charge in [0.05, 0.1) is 11.3 Å². The van der Waals surface area contributed by atoms with Crippen LogP contribution in [0, 0.1) is 0 Å². The minimum Gasteiger partial charge on any atom is -0.477 e. The smallest absolute Gasteiger partial charge is 0.219 e. The van der Waals surface area contributed by atoms with Crippen LogP contribution in [0.25, 0.3) is 20.3 Å². The molecular weight excluding hydrogens is 294 g/mol. The summed E-state index contributed by atoms with van der Waals surface area (Å²) in [4.78, 5) is 13.0. The molecule has 22 heavy (non-hydrogen) atoms. The maximum absolute atomic E-state index is 5.80. The molecule has 0 amide bonds. The summed E-state index contributed by atoms with van der Waals surface area (Å²) < 4.78 is 7.09. The van der Waals surface area contributed by atoms with E-state index in [9.17, 15) is 0 Å². The number of pyridine rings is 2. The molecule has 4 nitrogen and oxygen atoms in total. The highest BCUT2D eigenvalue weighted by Crippen LogP contribution is 2.44. The largest absolute Gasteiger partial charge is 0.477 e. The first-order valence-corrected chi connectivity index (χ1v) is 8.81. The Balaban J connectivity index is 1.84. The second-order valence-corrected chi connectivity index (χ2v) is 7.03. The van der Waals surface area contributed by atoms with Gasteiger partial charge in [-0.1, -0.05) is 0 Å². The molecule has 1 fully saturated rings. The van der Waals surface area contributed by atoms with E-state index in [1.54, 1.807) is 11.3 Å². The van der Waals surface area contributed by atoms with Crippen molar-refractivity contribution < 1.29 is 4.74 Å². The third-order valence-electron chi connectivity index (χ3n) is 4.68. The Labute approximate surface area is 132 Å². The van der Waals surface area contributed by atoms with E-state index in [1.165, 1.54) is 40.3 Å². The first-order valence-electron chi connectivity index (χ1n) is 8.00. The molecule has 2 aliphatic heterocycles. The van der Waals surface area contributed by atoms with Gasteiger partial charge in [0, 0.05) is 42.0 Å². The summed E-state index contributed by atoms with van der Waals surface area (Å²) >= 11 is 1.78. The van der Waals surface area contributed by atoms with Crippen molar-refractivity contribution in [1.29, 1.82) is 0 Å². The summed E-state index contributed by atoms with van der Waals surface area (Å²) in [5.41, 5.74) is 1.27. The molecule has 3 aromatic rings. The lowest BCUT2D eigenvalue weighted by molar-refractivity contribution is 0.345. The highest BCUT2D eigenvalue weighted by atomic mass is 32.1. The maximum atomic E-state index is 5.80. The predicted molar refractivity (Wildman–Crippen MR) is 90.2 cm³/mol. The van der Waals surface area contributed by atoms with E-state index >= 15 is 0 Å². The SMILES string of the molecule is c1cnc2sc3c(N4CCCCC4)nc4c(c3c2c1)CCO4. The molecule has 0 spiro atoms. The van der Waals surface area contributed by atoms with Gasteiger partial charge in [-0.05, 0) is 31.4 Å². The first kappa shape index (κ1) is 12.6. The van der Waals surface area contributed by atoms with Gasteiger partial charge in [0.15, 0.2) is 5.82 Å². The lowest BCUT2D eigenvalue weighted by atomic mass is 10.1. The van der Waals surface area contributed by atoms with Crippen LogP contribution in [0.1, 0.15) is 24.8 Å². The van der Waals surface area contributed by atoms with Crippen LogP contribution in [0.15, 0.2) is 18.3 Å². The molecule has 2 aliphatic rings. The molecule has 3 aromatic heterocycles. The second kappa shape index (κ2) is 4.81. The lowest BCUT2D eigenvalue weighted by Gasteiger charge is -2.28. The summed E-state index contributed by atoms with van der Waals surface area (Å²) in [6.07, 6.45) is 6.67. The molecule has 1 saturated heterocycles. The van der Waals surface area contributed by atoms with Crippen LogP contribution in [0.3, 0.4) is 0 Å². The minimum absolute atomic E-state index is 0.749. The molecule has 0 aromatic carbocycles. The van der Waals surface area contributed by atoms with Crippen molar-refractivity contribution in [2.24, 2.45) is 0 Å². The Morgan fingerprint density at radius 2 is 2.09 bits per heavy atom. The molecule has 0 N–H and O–H groups in total. The van der Waals surface area contributed by atoms with Gasteiger partial charge in [0.2, 0.25) is 5.88 Å². The van der Waals surface area contributed by atoms with E-state index in [-0.39, 0.29) is 0 Å². The average Bonchev–Trinajstić information content (AvgIpc) is 3.18. The van der Waals surface area contributed by atoms with Crippen molar-refractivity contribution in [3.63, 3.8) is 0 Å². The lowest BCUT2D eigenvalue weighted by Crippen LogP contribution is -2.30. The van der Waals surface area contributed by atoms with Gasteiger partial charge >= 0.3 is 0 Å². The maximum Gasteiger partial charge on any atom is 0.219 e. The number of ether oxygens (including phenoxy) is 1. The zero-order valence-electron chi connectivity index (χ0n) is 12.3. The molecule has 0 aliphatic carbocycles. The van der Waals surface area contributed by atoms with Gasteiger partial charge in [-0.2, -0.15) is 4.98 Å². The fourth-order valence-electron chi connectivity index (χ4n) is 3.63. The van der Waals surface area contributed by atoms with Crippen molar-refractivity contribution in [3.8, 4) is 5.88 Å². The van der Waals surface area contributed by atoms with Crippen molar-refractivity contribution >= 4 is 37.5 Å². The number of rotatable bonds is 1. The molecule has 0 atom stereocenters.